The number of hydrogen-bond donors (Lipinski definition) is 2. The van der Waals surface area contributed by atoms with Gasteiger partial charge in [0.2, 0.25) is 0 Å². The Morgan fingerprint density at radius 2 is 2.22 bits per heavy atom. The summed E-state index contributed by atoms with van der Waals surface area (Å²) in [5.41, 5.74) is 2.17. The largest absolute Gasteiger partial charge is 0.336 e. The molecule has 0 fully saturated rings. The van der Waals surface area contributed by atoms with E-state index in [4.69, 9.17) is 12.2 Å². The molecule has 0 radical (unpaired) electrons. The first-order chi connectivity index (χ1) is 8.78. The average molecular weight is 262 g/mol. The second-order valence-corrected chi connectivity index (χ2v) is 5.02. The van der Waals surface area contributed by atoms with E-state index >= 15 is 0 Å². The van der Waals surface area contributed by atoms with Crippen LogP contribution in [-0.2, 0) is 4.79 Å². The van der Waals surface area contributed by atoms with Crippen molar-refractivity contribution in [2.24, 2.45) is 5.92 Å². The lowest BCUT2D eigenvalue weighted by molar-refractivity contribution is -0.109. The predicted molar refractivity (Wildman–Crippen MR) is 76.8 cm³/mol. The van der Waals surface area contributed by atoms with Crippen molar-refractivity contribution in [3.05, 3.63) is 35.7 Å². The van der Waals surface area contributed by atoms with Crippen molar-refractivity contribution in [3.63, 3.8) is 0 Å². The Labute approximate surface area is 113 Å². The molecule has 3 nitrogen and oxygen atoms in total. The molecular formula is C14H18N2OS. The summed E-state index contributed by atoms with van der Waals surface area (Å²) in [6, 6.07) is 0. The molecule has 18 heavy (non-hydrogen) atoms. The topological polar surface area (TPSA) is 41.1 Å². The van der Waals surface area contributed by atoms with E-state index in [1.165, 1.54) is 18.5 Å². The zero-order valence-corrected chi connectivity index (χ0v) is 11.1. The highest BCUT2D eigenvalue weighted by Crippen LogP contribution is 2.15. The van der Waals surface area contributed by atoms with Gasteiger partial charge >= 0.3 is 0 Å². The van der Waals surface area contributed by atoms with E-state index in [2.05, 4.69) is 16.7 Å². The molecular weight excluding hydrogens is 244 g/mol. The number of allylic oxidation sites excluding steroid dienone is 5. The van der Waals surface area contributed by atoms with Gasteiger partial charge in [0.15, 0.2) is 5.11 Å². The molecule has 0 saturated heterocycles. The number of hydrogen-bond acceptors (Lipinski definition) is 2. The number of carbonyl (C=O) groups excluding carboxylic acids is 1. The molecule has 1 unspecified atom stereocenters. The van der Waals surface area contributed by atoms with Gasteiger partial charge in [0.25, 0.3) is 0 Å². The number of nitrogens with one attached hydrogen (secondary N) is 2. The molecule has 2 aliphatic carbocycles. The summed E-state index contributed by atoms with van der Waals surface area (Å²) >= 11 is 5.27. The first kappa shape index (κ1) is 13.0. The Morgan fingerprint density at radius 3 is 2.83 bits per heavy atom. The van der Waals surface area contributed by atoms with Crippen molar-refractivity contribution >= 4 is 23.6 Å². The van der Waals surface area contributed by atoms with Crippen molar-refractivity contribution in [2.45, 2.75) is 32.1 Å². The van der Waals surface area contributed by atoms with Crippen LogP contribution in [0.2, 0.25) is 0 Å². The van der Waals surface area contributed by atoms with Crippen LogP contribution in [0.3, 0.4) is 0 Å². The molecule has 0 aliphatic heterocycles. The zero-order chi connectivity index (χ0) is 12.8. The van der Waals surface area contributed by atoms with Gasteiger partial charge in [-0.25, -0.2) is 0 Å². The van der Waals surface area contributed by atoms with E-state index in [1.54, 1.807) is 0 Å². The van der Waals surface area contributed by atoms with Gasteiger partial charge in [0.05, 0.1) is 0 Å². The van der Waals surface area contributed by atoms with Crippen molar-refractivity contribution in [1.82, 2.24) is 10.6 Å². The van der Waals surface area contributed by atoms with Crippen LogP contribution in [0, 0.1) is 5.92 Å². The highest BCUT2D eigenvalue weighted by Gasteiger charge is 2.09. The third kappa shape index (κ3) is 3.81. The molecule has 4 heteroatoms. The van der Waals surface area contributed by atoms with Crippen LogP contribution in [-0.4, -0.2) is 11.4 Å². The van der Waals surface area contributed by atoms with Crippen molar-refractivity contribution in [3.8, 4) is 0 Å². The normalized spacial score (nSPS) is 22.8. The Bertz CT molecular complexity index is 424. The SMILES string of the molecule is O=CC1C=CC(NC(=S)NC2=CCCCC2)=CC1. The summed E-state index contributed by atoms with van der Waals surface area (Å²) in [5, 5.41) is 7.01. The lowest BCUT2D eigenvalue weighted by atomic mass is 10.0. The standard InChI is InChI=1S/C14H18N2OS/c17-10-11-6-8-13(9-7-11)16-14(18)15-12-4-2-1-3-5-12/h4,6,8-11H,1-3,5,7H2,(H2,15,16,18). The van der Waals surface area contributed by atoms with Crippen LogP contribution < -0.4 is 10.6 Å². The molecule has 0 aromatic carbocycles. The molecule has 0 aromatic heterocycles. The summed E-state index contributed by atoms with van der Waals surface area (Å²) in [4.78, 5) is 10.6. The van der Waals surface area contributed by atoms with Gasteiger partial charge in [0, 0.05) is 17.3 Å². The molecule has 1 atom stereocenters. The van der Waals surface area contributed by atoms with Crippen LogP contribution in [0.5, 0.6) is 0 Å². The monoisotopic (exact) mass is 262 g/mol. The van der Waals surface area contributed by atoms with E-state index in [0.717, 1.165) is 31.2 Å². The van der Waals surface area contributed by atoms with Crippen LogP contribution in [0.15, 0.2) is 35.7 Å². The third-order valence-corrected chi connectivity index (χ3v) is 3.33. The summed E-state index contributed by atoms with van der Waals surface area (Å²) in [6.45, 7) is 0. The number of thiocarbonyl (C=S) groups is 1. The second-order valence-electron chi connectivity index (χ2n) is 4.61. The Hall–Kier alpha value is -1.42. The average Bonchev–Trinajstić information content (AvgIpc) is 2.40. The van der Waals surface area contributed by atoms with E-state index in [-0.39, 0.29) is 5.92 Å². The molecule has 2 rings (SSSR count). The third-order valence-electron chi connectivity index (χ3n) is 3.13. The van der Waals surface area contributed by atoms with Crippen molar-refractivity contribution in [2.75, 3.05) is 0 Å². The van der Waals surface area contributed by atoms with E-state index < -0.39 is 0 Å². The van der Waals surface area contributed by atoms with Gasteiger partial charge in [0.1, 0.15) is 6.29 Å². The second kappa shape index (κ2) is 6.50. The lowest BCUT2D eigenvalue weighted by Crippen LogP contribution is -2.34. The van der Waals surface area contributed by atoms with Gasteiger partial charge in [-0.3, -0.25) is 0 Å². The summed E-state index contributed by atoms with van der Waals surface area (Å²) in [6.07, 6.45) is 14.4. The molecule has 2 aliphatic rings. The highest BCUT2D eigenvalue weighted by atomic mass is 32.1. The maximum absolute atomic E-state index is 10.6. The first-order valence-electron chi connectivity index (χ1n) is 6.38. The zero-order valence-electron chi connectivity index (χ0n) is 10.3. The van der Waals surface area contributed by atoms with Crippen LogP contribution >= 0.6 is 12.2 Å². The maximum Gasteiger partial charge on any atom is 0.174 e. The molecule has 2 N–H and O–H groups in total. The summed E-state index contributed by atoms with van der Waals surface area (Å²) in [5.74, 6) is 0.0122. The fourth-order valence-electron chi connectivity index (χ4n) is 2.09. The summed E-state index contributed by atoms with van der Waals surface area (Å²) < 4.78 is 0. The minimum absolute atomic E-state index is 0.0122. The highest BCUT2D eigenvalue weighted by molar-refractivity contribution is 7.80. The minimum Gasteiger partial charge on any atom is -0.336 e. The summed E-state index contributed by atoms with van der Waals surface area (Å²) in [7, 11) is 0. The molecule has 0 amide bonds. The van der Waals surface area contributed by atoms with Gasteiger partial charge in [-0.15, -0.1) is 0 Å². The fraction of sp³-hybridized carbons (Fsp3) is 0.429. The van der Waals surface area contributed by atoms with Crippen LogP contribution in [0.4, 0.5) is 0 Å². The van der Waals surface area contributed by atoms with Gasteiger partial charge in [-0.1, -0.05) is 18.2 Å². The quantitative estimate of drug-likeness (QED) is 0.606. The maximum atomic E-state index is 10.6. The van der Waals surface area contributed by atoms with Crippen molar-refractivity contribution in [1.29, 1.82) is 0 Å². The van der Waals surface area contributed by atoms with Gasteiger partial charge in [-0.2, -0.15) is 0 Å². The number of rotatable bonds is 3. The van der Waals surface area contributed by atoms with E-state index in [0.29, 0.717) is 5.11 Å². The smallest absolute Gasteiger partial charge is 0.174 e. The van der Waals surface area contributed by atoms with Crippen LogP contribution in [0.1, 0.15) is 32.1 Å². The number of aldehydes is 1. The lowest BCUT2D eigenvalue weighted by Gasteiger charge is -2.18. The Kier molecular flexibility index (Phi) is 4.70. The Morgan fingerprint density at radius 1 is 1.33 bits per heavy atom. The van der Waals surface area contributed by atoms with Gasteiger partial charge < -0.3 is 15.4 Å². The molecule has 0 saturated carbocycles. The Balaban J connectivity index is 1.81. The number of carbonyl (C=O) groups is 1. The fourth-order valence-corrected chi connectivity index (χ4v) is 2.34. The van der Waals surface area contributed by atoms with Crippen molar-refractivity contribution < 1.29 is 4.79 Å². The molecule has 0 heterocycles. The molecule has 0 aromatic rings. The molecule has 0 bridgehead atoms. The predicted octanol–water partition coefficient (Wildman–Crippen LogP) is 2.57. The van der Waals surface area contributed by atoms with E-state index in [9.17, 15) is 4.79 Å². The van der Waals surface area contributed by atoms with E-state index in [1.807, 2.05) is 18.2 Å². The minimum atomic E-state index is 0.0122. The van der Waals surface area contributed by atoms with Crippen LogP contribution in [0.25, 0.3) is 0 Å². The first-order valence-corrected chi connectivity index (χ1v) is 6.79. The van der Waals surface area contributed by atoms with Gasteiger partial charge in [-0.05, 0) is 50.4 Å². The molecule has 0 spiro atoms. The molecule has 96 valence electrons.